The zero-order valence-corrected chi connectivity index (χ0v) is 13.8. The number of hydrogen-bond donors (Lipinski definition) is 1. The molecule has 0 amide bonds. The minimum atomic E-state index is -3.77. The lowest BCUT2D eigenvalue weighted by Crippen LogP contribution is -2.51. The van der Waals surface area contributed by atoms with Gasteiger partial charge in [-0.2, -0.15) is 9.57 Å². The number of nitriles is 1. The van der Waals surface area contributed by atoms with E-state index in [0.29, 0.717) is 6.54 Å². The molecular formula is C14H19ClFN3O2S. The van der Waals surface area contributed by atoms with E-state index in [1.165, 1.54) is 10.4 Å². The maximum absolute atomic E-state index is 13.4. The molecule has 2 rings (SSSR count). The van der Waals surface area contributed by atoms with E-state index < -0.39 is 15.8 Å². The number of benzene rings is 1. The predicted molar refractivity (Wildman–Crippen MR) is 83.5 cm³/mol. The van der Waals surface area contributed by atoms with Crippen molar-refractivity contribution in [3.63, 3.8) is 0 Å². The summed E-state index contributed by atoms with van der Waals surface area (Å²) in [6.07, 6.45) is 1.70. The number of nitrogens with two attached hydrogens (primary N) is 1. The summed E-state index contributed by atoms with van der Waals surface area (Å²) in [5.41, 5.74) is 5.45. The van der Waals surface area contributed by atoms with E-state index in [1.807, 2.05) is 6.92 Å². The lowest BCUT2D eigenvalue weighted by molar-refractivity contribution is 0.192. The molecule has 0 aromatic heterocycles. The van der Waals surface area contributed by atoms with E-state index >= 15 is 0 Å². The summed E-state index contributed by atoms with van der Waals surface area (Å²) in [5, 5.41) is 8.84. The third-order valence-corrected chi connectivity index (χ3v) is 5.89. The molecule has 0 radical (unpaired) electrons. The van der Waals surface area contributed by atoms with Gasteiger partial charge in [0.25, 0.3) is 0 Å². The second-order valence-electron chi connectivity index (χ2n) is 5.29. The molecule has 22 heavy (non-hydrogen) atoms. The Labute approximate surface area is 136 Å². The van der Waals surface area contributed by atoms with Crippen molar-refractivity contribution in [1.29, 1.82) is 5.26 Å². The van der Waals surface area contributed by atoms with Crippen molar-refractivity contribution in [2.24, 2.45) is 11.7 Å². The topological polar surface area (TPSA) is 87.2 Å². The minimum absolute atomic E-state index is 0. The Bertz CT molecular complexity index is 675. The highest BCUT2D eigenvalue weighted by Crippen LogP contribution is 2.29. The van der Waals surface area contributed by atoms with E-state index in [2.05, 4.69) is 0 Å². The van der Waals surface area contributed by atoms with Crippen molar-refractivity contribution in [3.05, 3.63) is 29.6 Å². The van der Waals surface area contributed by atoms with Gasteiger partial charge in [-0.15, -0.1) is 12.4 Å². The van der Waals surface area contributed by atoms with Gasteiger partial charge in [-0.3, -0.25) is 0 Å². The summed E-state index contributed by atoms with van der Waals surface area (Å²) in [5.74, 6) is -0.548. The second kappa shape index (κ2) is 7.38. The summed E-state index contributed by atoms with van der Waals surface area (Å²) in [6.45, 7) is 2.62. The van der Waals surface area contributed by atoms with E-state index in [1.54, 1.807) is 6.07 Å². The van der Waals surface area contributed by atoms with Crippen LogP contribution >= 0.6 is 12.4 Å². The van der Waals surface area contributed by atoms with Gasteiger partial charge in [0.15, 0.2) is 0 Å². The van der Waals surface area contributed by atoms with Crippen molar-refractivity contribution in [1.82, 2.24) is 4.31 Å². The maximum Gasteiger partial charge on any atom is 0.243 e. The standard InChI is InChI=1S/C14H18FN3O2S.ClH/c1-10-3-2-6-18(14(10)9-17)21(19,20)12-4-5-13(15)11(7-12)8-16;/h4-5,7,10,14H,2-3,6,9,17H2,1H3;1H. The Morgan fingerprint density at radius 3 is 2.77 bits per heavy atom. The van der Waals surface area contributed by atoms with Gasteiger partial charge in [0.2, 0.25) is 10.0 Å². The van der Waals surface area contributed by atoms with Gasteiger partial charge in [0, 0.05) is 19.1 Å². The van der Waals surface area contributed by atoms with Crippen LogP contribution < -0.4 is 5.73 Å². The highest BCUT2D eigenvalue weighted by Gasteiger charge is 2.36. The largest absolute Gasteiger partial charge is 0.329 e. The summed E-state index contributed by atoms with van der Waals surface area (Å²) < 4.78 is 40.2. The normalized spacial score (nSPS) is 22.6. The second-order valence-corrected chi connectivity index (χ2v) is 7.18. The molecule has 1 aliphatic rings. The molecule has 1 heterocycles. The van der Waals surface area contributed by atoms with Gasteiger partial charge in [-0.25, -0.2) is 12.8 Å². The number of halogens is 2. The molecule has 0 bridgehead atoms. The van der Waals surface area contributed by atoms with Crippen LogP contribution in [0.3, 0.4) is 0 Å². The lowest BCUT2D eigenvalue weighted by Gasteiger charge is -2.38. The van der Waals surface area contributed by atoms with Crippen LogP contribution in [0.15, 0.2) is 23.1 Å². The Balaban J connectivity index is 0.00000242. The average Bonchev–Trinajstić information content (AvgIpc) is 2.47. The summed E-state index contributed by atoms with van der Waals surface area (Å²) >= 11 is 0. The van der Waals surface area contributed by atoms with Crippen LogP contribution in [0.1, 0.15) is 25.3 Å². The van der Waals surface area contributed by atoms with Gasteiger partial charge < -0.3 is 5.73 Å². The van der Waals surface area contributed by atoms with Crippen molar-refractivity contribution in [2.45, 2.75) is 30.7 Å². The summed E-state index contributed by atoms with van der Waals surface area (Å²) in [4.78, 5) is -0.0620. The first-order valence-electron chi connectivity index (χ1n) is 6.83. The molecule has 0 aliphatic carbocycles. The molecule has 1 fully saturated rings. The monoisotopic (exact) mass is 347 g/mol. The van der Waals surface area contributed by atoms with Gasteiger partial charge >= 0.3 is 0 Å². The summed E-state index contributed by atoms with van der Waals surface area (Å²) in [6, 6.07) is 4.68. The fraction of sp³-hybridized carbons (Fsp3) is 0.500. The highest BCUT2D eigenvalue weighted by molar-refractivity contribution is 7.89. The Morgan fingerprint density at radius 1 is 1.50 bits per heavy atom. The number of nitrogens with zero attached hydrogens (tertiary/aromatic N) is 2. The zero-order chi connectivity index (χ0) is 15.6. The Hall–Kier alpha value is -1.20. The summed E-state index contributed by atoms with van der Waals surface area (Å²) in [7, 11) is -3.77. The average molecular weight is 348 g/mol. The van der Waals surface area contributed by atoms with Crippen LogP contribution in [0, 0.1) is 23.1 Å². The quantitative estimate of drug-likeness (QED) is 0.904. The minimum Gasteiger partial charge on any atom is -0.329 e. The van der Waals surface area contributed by atoms with E-state index in [9.17, 15) is 12.8 Å². The van der Waals surface area contributed by atoms with Crippen LogP contribution in [0.4, 0.5) is 4.39 Å². The first-order chi connectivity index (χ1) is 9.91. The van der Waals surface area contributed by atoms with Crippen LogP contribution in [-0.2, 0) is 10.0 Å². The van der Waals surface area contributed by atoms with Crippen LogP contribution in [0.25, 0.3) is 0 Å². The molecule has 2 atom stereocenters. The number of sulfonamides is 1. The fourth-order valence-corrected chi connectivity index (χ4v) is 4.54. The highest BCUT2D eigenvalue weighted by atomic mass is 35.5. The van der Waals surface area contributed by atoms with Crippen LogP contribution in [0.2, 0.25) is 0 Å². The Kier molecular flexibility index (Phi) is 6.32. The Morgan fingerprint density at radius 2 is 2.18 bits per heavy atom. The molecule has 0 spiro atoms. The van der Waals surface area contributed by atoms with Crippen molar-refractivity contribution >= 4 is 22.4 Å². The van der Waals surface area contributed by atoms with Gasteiger partial charge in [-0.1, -0.05) is 6.92 Å². The number of piperidine rings is 1. The van der Waals surface area contributed by atoms with Crippen LogP contribution in [-0.4, -0.2) is 31.9 Å². The molecule has 5 nitrogen and oxygen atoms in total. The van der Waals surface area contributed by atoms with E-state index in [-0.39, 0.29) is 41.4 Å². The fourth-order valence-electron chi connectivity index (χ4n) is 2.75. The molecule has 122 valence electrons. The SMILES string of the molecule is CC1CCCN(S(=O)(=O)c2ccc(F)c(C#N)c2)C1CN.Cl. The molecule has 8 heteroatoms. The third-order valence-electron chi connectivity index (χ3n) is 3.97. The molecule has 2 N–H and O–H groups in total. The molecular weight excluding hydrogens is 329 g/mol. The maximum atomic E-state index is 13.4. The smallest absolute Gasteiger partial charge is 0.243 e. The molecule has 1 aliphatic heterocycles. The molecule has 1 saturated heterocycles. The van der Waals surface area contributed by atoms with E-state index in [4.69, 9.17) is 11.0 Å². The number of hydrogen-bond acceptors (Lipinski definition) is 4. The first-order valence-corrected chi connectivity index (χ1v) is 8.27. The first kappa shape index (κ1) is 18.8. The predicted octanol–water partition coefficient (Wildman–Crippen LogP) is 1.87. The zero-order valence-electron chi connectivity index (χ0n) is 12.2. The van der Waals surface area contributed by atoms with Crippen molar-refractivity contribution in [2.75, 3.05) is 13.1 Å². The van der Waals surface area contributed by atoms with Gasteiger partial charge in [0.05, 0.1) is 10.5 Å². The van der Waals surface area contributed by atoms with Crippen LogP contribution in [0.5, 0.6) is 0 Å². The molecule has 1 aromatic rings. The van der Waals surface area contributed by atoms with Gasteiger partial charge in [-0.05, 0) is 37.0 Å². The molecule has 0 saturated carbocycles. The van der Waals surface area contributed by atoms with Crippen molar-refractivity contribution in [3.8, 4) is 6.07 Å². The van der Waals surface area contributed by atoms with Gasteiger partial charge in [0.1, 0.15) is 11.9 Å². The molecule has 1 aromatic carbocycles. The van der Waals surface area contributed by atoms with Crippen molar-refractivity contribution < 1.29 is 12.8 Å². The number of rotatable bonds is 3. The lowest BCUT2D eigenvalue weighted by atomic mass is 9.93. The molecule has 2 unspecified atom stereocenters. The third kappa shape index (κ3) is 3.41. The van der Waals surface area contributed by atoms with E-state index in [0.717, 1.165) is 25.0 Å².